The number of esters is 1. The minimum Gasteiger partial charge on any atom is -0.485 e. The average Bonchev–Trinajstić information content (AvgIpc) is 3.66. The molecule has 0 saturated carbocycles. The van der Waals surface area contributed by atoms with Gasteiger partial charge in [-0.05, 0) is 71.0 Å². The van der Waals surface area contributed by atoms with Gasteiger partial charge in [0, 0.05) is 28.2 Å². The lowest BCUT2D eigenvalue weighted by atomic mass is 10.2. The van der Waals surface area contributed by atoms with Crippen LogP contribution >= 0.6 is 0 Å². The summed E-state index contributed by atoms with van der Waals surface area (Å²) in [4.78, 5) is 21.8. The minimum atomic E-state index is -1.74. The molecule has 0 aliphatic heterocycles. The Morgan fingerprint density at radius 3 is 2.61 bits per heavy atom. The zero-order valence-electron chi connectivity index (χ0n) is 24.9. The van der Waals surface area contributed by atoms with E-state index in [1.807, 2.05) is 33.9 Å². The first kappa shape index (κ1) is 30.8. The Bertz CT molecular complexity index is 1820. The summed E-state index contributed by atoms with van der Waals surface area (Å²) in [5.41, 5.74) is 1.94. The van der Waals surface area contributed by atoms with Crippen molar-refractivity contribution in [3.8, 4) is 17.0 Å². The smallest absolute Gasteiger partial charge is 0.338 e. The molecule has 14 heteroatoms. The third kappa shape index (κ3) is 6.60. The van der Waals surface area contributed by atoms with Crippen LogP contribution in [-0.4, -0.2) is 58.9 Å². The van der Waals surface area contributed by atoms with Gasteiger partial charge in [-0.1, -0.05) is 6.07 Å². The van der Waals surface area contributed by atoms with Crippen LogP contribution in [-0.2, 0) is 20.3 Å². The van der Waals surface area contributed by atoms with E-state index in [1.54, 1.807) is 36.0 Å². The van der Waals surface area contributed by atoms with E-state index >= 15 is 4.39 Å². The number of nitrogens with one attached hydrogen (secondary N) is 1. The van der Waals surface area contributed by atoms with Gasteiger partial charge in [0.25, 0.3) is 0 Å². The van der Waals surface area contributed by atoms with Crippen molar-refractivity contribution in [2.45, 2.75) is 56.7 Å². The summed E-state index contributed by atoms with van der Waals surface area (Å²) in [6.07, 6.45) is 4.52. The second kappa shape index (κ2) is 13.3. The largest absolute Gasteiger partial charge is 0.485 e. The van der Waals surface area contributed by atoms with E-state index in [-0.39, 0.29) is 41.0 Å². The summed E-state index contributed by atoms with van der Waals surface area (Å²) < 4.78 is 48.3. The molecule has 2 atom stereocenters. The molecule has 0 aliphatic rings. The molecule has 0 amide bonds. The topological polar surface area (TPSA) is 135 Å². The molecule has 5 rings (SSSR count). The summed E-state index contributed by atoms with van der Waals surface area (Å²) in [5, 5.41) is 11.7. The van der Waals surface area contributed by atoms with Crippen LogP contribution < -0.4 is 10.1 Å². The number of fused-ring (bicyclic) bond motifs is 1. The second-order valence-corrected chi connectivity index (χ2v) is 11.3. The second-order valence-electron chi connectivity index (χ2n) is 9.84. The van der Waals surface area contributed by atoms with Crippen molar-refractivity contribution in [2.75, 3.05) is 18.5 Å². The lowest BCUT2D eigenvalue weighted by Gasteiger charge is -2.13. The monoisotopic (exact) mass is 621 g/mol. The third-order valence-electron chi connectivity index (χ3n) is 6.31. The molecule has 0 aliphatic carbocycles. The minimum absolute atomic E-state index is 0.0765. The molecule has 44 heavy (non-hydrogen) atoms. The standard InChI is InChI=1S/C30H32FN7O5S/c1-6-41-19(5)37-16-21(15-33-37)26-27(43-18(3)4)28-35-30(36-38(28)17-32-26)34-25-12-11-23(14-24(25)31)44(40)22-10-8-9-20(13-22)29(39)42-7-2/h8-19H,6-7H2,1-5H3,(H,34,36). The van der Waals surface area contributed by atoms with Crippen LogP contribution in [0.15, 0.2) is 71.0 Å². The van der Waals surface area contributed by atoms with Crippen LogP contribution in [0.2, 0.25) is 0 Å². The molecule has 2 unspecified atom stereocenters. The molecule has 2 aromatic carbocycles. The normalized spacial score (nSPS) is 12.8. The molecular formula is C30H32FN7O5S. The van der Waals surface area contributed by atoms with Crippen LogP contribution in [0.1, 0.15) is 51.2 Å². The molecule has 0 fully saturated rings. The zero-order chi connectivity index (χ0) is 31.4. The third-order valence-corrected chi connectivity index (χ3v) is 7.68. The van der Waals surface area contributed by atoms with Gasteiger partial charge in [0.1, 0.15) is 24.1 Å². The SMILES string of the molecule is CCOC(=O)c1cccc(S(=O)c2ccc(Nc3nc4c(OC(C)C)c(-c5cnn(C(C)OCC)c5)ncn4n3)c(F)c2)c1. The van der Waals surface area contributed by atoms with E-state index in [4.69, 9.17) is 14.2 Å². The van der Waals surface area contributed by atoms with E-state index in [9.17, 15) is 9.00 Å². The molecule has 230 valence electrons. The van der Waals surface area contributed by atoms with Crippen LogP contribution in [0.25, 0.3) is 16.9 Å². The molecule has 12 nitrogen and oxygen atoms in total. The first-order chi connectivity index (χ1) is 21.2. The highest BCUT2D eigenvalue weighted by atomic mass is 32.2. The number of hydrogen-bond acceptors (Lipinski definition) is 10. The molecular weight excluding hydrogens is 589 g/mol. The van der Waals surface area contributed by atoms with Crippen molar-refractivity contribution in [1.82, 2.24) is 29.4 Å². The van der Waals surface area contributed by atoms with Crippen molar-refractivity contribution in [2.24, 2.45) is 0 Å². The van der Waals surface area contributed by atoms with E-state index < -0.39 is 22.6 Å². The summed E-state index contributed by atoms with van der Waals surface area (Å²) in [5.74, 6) is -0.687. The fraction of sp³-hybridized carbons (Fsp3) is 0.300. The maximum absolute atomic E-state index is 15.2. The van der Waals surface area contributed by atoms with Gasteiger partial charge in [-0.2, -0.15) is 14.6 Å². The number of carbonyl (C=O) groups excluding carboxylic acids is 1. The Kier molecular flexibility index (Phi) is 9.30. The number of aromatic nitrogens is 6. The van der Waals surface area contributed by atoms with Gasteiger partial charge < -0.3 is 19.5 Å². The molecule has 3 heterocycles. The van der Waals surface area contributed by atoms with Gasteiger partial charge in [-0.3, -0.25) is 0 Å². The lowest BCUT2D eigenvalue weighted by molar-refractivity contribution is 0.0160. The van der Waals surface area contributed by atoms with Crippen LogP contribution in [0.4, 0.5) is 16.0 Å². The highest BCUT2D eigenvalue weighted by molar-refractivity contribution is 7.85. The van der Waals surface area contributed by atoms with Gasteiger partial charge in [0.15, 0.2) is 5.75 Å². The highest BCUT2D eigenvalue weighted by Crippen LogP contribution is 2.33. The molecule has 0 bridgehead atoms. The maximum atomic E-state index is 15.2. The average molecular weight is 622 g/mol. The molecule has 3 aromatic heterocycles. The number of hydrogen-bond donors (Lipinski definition) is 1. The predicted octanol–water partition coefficient (Wildman–Crippen LogP) is 5.56. The summed E-state index contributed by atoms with van der Waals surface area (Å²) in [7, 11) is -1.74. The maximum Gasteiger partial charge on any atom is 0.338 e. The number of carbonyl (C=O) groups is 1. The van der Waals surface area contributed by atoms with Gasteiger partial charge in [-0.25, -0.2) is 23.1 Å². The number of ether oxygens (including phenoxy) is 3. The lowest BCUT2D eigenvalue weighted by Crippen LogP contribution is -2.10. The number of nitrogens with zero attached hydrogens (tertiary/aromatic N) is 6. The Morgan fingerprint density at radius 1 is 1.09 bits per heavy atom. The summed E-state index contributed by atoms with van der Waals surface area (Å²) in [6, 6.07) is 10.4. The zero-order valence-corrected chi connectivity index (χ0v) is 25.7. The van der Waals surface area contributed by atoms with Gasteiger partial charge in [0.2, 0.25) is 11.6 Å². The summed E-state index contributed by atoms with van der Waals surface area (Å²) in [6.45, 7) is 10.0. The Labute approximate surface area is 255 Å². The number of anilines is 2. The Balaban J connectivity index is 1.41. The van der Waals surface area contributed by atoms with E-state index in [0.29, 0.717) is 34.2 Å². The van der Waals surface area contributed by atoms with Crippen LogP contribution in [0.3, 0.4) is 0 Å². The van der Waals surface area contributed by atoms with Crippen molar-refractivity contribution >= 4 is 34.1 Å². The first-order valence-electron chi connectivity index (χ1n) is 14.0. The fourth-order valence-corrected chi connectivity index (χ4v) is 5.45. The van der Waals surface area contributed by atoms with E-state index in [1.165, 1.54) is 35.1 Å². The van der Waals surface area contributed by atoms with Gasteiger partial charge >= 0.3 is 5.97 Å². The van der Waals surface area contributed by atoms with Crippen molar-refractivity contribution in [1.29, 1.82) is 0 Å². The quantitative estimate of drug-likeness (QED) is 0.177. The van der Waals surface area contributed by atoms with Crippen molar-refractivity contribution in [3.05, 3.63) is 72.6 Å². The van der Waals surface area contributed by atoms with Crippen LogP contribution in [0, 0.1) is 5.82 Å². The van der Waals surface area contributed by atoms with Gasteiger partial charge in [-0.15, -0.1) is 5.10 Å². The Morgan fingerprint density at radius 2 is 1.89 bits per heavy atom. The molecule has 0 radical (unpaired) electrons. The predicted molar refractivity (Wildman–Crippen MR) is 161 cm³/mol. The van der Waals surface area contributed by atoms with Crippen LogP contribution in [0.5, 0.6) is 5.75 Å². The van der Waals surface area contributed by atoms with E-state index in [2.05, 4.69) is 25.5 Å². The van der Waals surface area contributed by atoms with Crippen molar-refractivity contribution in [3.63, 3.8) is 0 Å². The summed E-state index contributed by atoms with van der Waals surface area (Å²) >= 11 is 0. The van der Waals surface area contributed by atoms with E-state index in [0.717, 1.165) is 0 Å². The molecule has 0 spiro atoms. The molecule has 5 aromatic rings. The highest BCUT2D eigenvalue weighted by Gasteiger charge is 2.21. The van der Waals surface area contributed by atoms with Crippen molar-refractivity contribution < 1.29 is 27.6 Å². The fourth-order valence-electron chi connectivity index (χ4n) is 4.34. The first-order valence-corrected chi connectivity index (χ1v) is 15.2. The molecule has 1 N–H and O–H groups in total. The number of halogens is 1. The number of benzene rings is 2. The van der Waals surface area contributed by atoms with Gasteiger partial charge in [0.05, 0.1) is 41.0 Å². The molecule has 0 saturated heterocycles. The number of rotatable bonds is 12. The Hall–Kier alpha value is -4.69.